The van der Waals surface area contributed by atoms with Crippen molar-refractivity contribution in [3.8, 4) is 5.75 Å². The highest BCUT2D eigenvalue weighted by atomic mass is 16.5. The van der Waals surface area contributed by atoms with Crippen LogP contribution >= 0.6 is 0 Å². The van der Waals surface area contributed by atoms with Gasteiger partial charge in [-0.1, -0.05) is 30.3 Å². The topological polar surface area (TPSA) is 33.7 Å². The van der Waals surface area contributed by atoms with Crippen molar-refractivity contribution in [3.05, 3.63) is 42.0 Å². The smallest absolute Gasteiger partial charge is 0.123 e. The lowest BCUT2D eigenvalue weighted by Crippen LogP contribution is -2.54. The minimum absolute atomic E-state index is 0.113. The molecule has 0 unspecified atom stereocenters. The first kappa shape index (κ1) is 17.2. The summed E-state index contributed by atoms with van der Waals surface area (Å²) in [6.07, 6.45) is 0. The fraction of sp³-hybridized carbons (Fsp3) is 0.500. The molecular weight excluding hydrogens is 300 g/mol. The van der Waals surface area contributed by atoms with E-state index in [4.69, 9.17) is 9.47 Å². The van der Waals surface area contributed by atoms with Gasteiger partial charge >= 0.3 is 0 Å². The zero-order valence-electron chi connectivity index (χ0n) is 15.0. The van der Waals surface area contributed by atoms with E-state index in [0.29, 0.717) is 0 Å². The third-order valence-corrected chi connectivity index (χ3v) is 4.94. The minimum atomic E-state index is 0.113. The molecule has 2 aromatic rings. The number of nitrogens with one attached hydrogen (secondary N) is 1. The SMILES string of the molecule is COc1ccc2ccccc2c1CNCC(C)(C)N1CCOCC1. The molecule has 4 nitrogen and oxygen atoms in total. The Morgan fingerprint density at radius 3 is 2.62 bits per heavy atom. The van der Waals surface area contributed by atoms with Crippen molar-refractivity contribution >= 4 is 10.8 Å². The molecule has 0 spiro atoms. The van der Waals surface area contributed by atoms with Crippen LogP contribution in [-0.4, -0.2) is 50.4 Å². The van der Waals surface area contributed by atoms with E-state index in [-0.39, 0.29) is 5.54 Å². The van der Waals surface area contributed by atoms with E-state index in [2.05, 4.69) is 60.5 Å². The number of nitrogens with zero attached hydrogens (tertiary/aromatic N) is 1. The first-order valence-corrected chi connectivity index (χ1v) is 8.70. The number of ether oxygens (including phenoxy) is 2. The van der Waals surface area contributed by atoms with Crippen molar-refractivity contribution < 1.29 is 9.47 Å². The van der Waals surface area contributed by atoms with E-state index in [9.17, 15) is 0 Å². The summed E-state index contributed by atoms with van der Waals surface area (Å²) in [5, 5.41) is 6.15. The van der Waals surface area contributed by atoms with E-state index in [1.165, 1.54) is 16.3 Å². The summed E-state index contributed by atoms with van der Waals surface area (Å²) < 4.78 is 11.1. The Balaban J connectivity index is 1.71. The number of benzene rings is 2. The third-order valence-electron chi connectivity index (χ3n) is 4.94. The lowest BCUT2D eigenvalue weighted by Gasteiger charge is -2.41. The maximum atomic E-state index is 5.59. The largest absolute Gasteiger partial charge is 0.496 e. The van der Waals surface area contributed by atoms with Gasteiger partial charge in [0, 0.05) is 37.3 Å². The molecule has 0 bridgehead atoms. The summed E-state index contributed by atoms with van der Waals surface area (Å²) in [5.41, 5.74) is 1.34. The first-order valence-electron chi connectivity index (χ1n) is 8.70. The minimum Gasteiger partial charge on any atom is -0.496 e. The lowest BCUT2D eigenvalue weighted by molar-refractivity contribution is -0.00967. The van der Waals surface area contributed by atoms with Crippen LogP contribution < -0.4 is 10.1 Å². The molecule has 0 saturated carbocycles. The summed E-state index contributed by atoms with van der Waals surface area (Å²) >= 11 is 0. The zero-order chi connectivity index (χ0) is 17.0. The molecule has 0 atom stereocenters. The quantitative estimate of drug-likeness (QED) is 0.884. The number of fused-ring (bicyclic) bond motifs is 1. The molecule has 0 aliphatic carbocycles. The molecule has 1 N–H and O–H groups in total. The summed E-state index contributed by atoms with van der Waals surface area (Å²) in [6.45, 7) is 10.0. The van der Waals surface area contributed by atoms with Crippen molar-refractivity contribution in [1.82, 2.24) is 10.2 Å². The summed E-state index contributed by atoms with van der Waals surface area (Å²) in [5.74, 6) is 0.949. The van der Waals surface area contributed by atoms with Crippen LogP contribution in [0.5, 0.6) is 5.75 Å². The Morgan fingerprint density at radius 1 is 1.12 bits per heavy atom. The number of hydrogen-bond acceptors (Lipinski definition) is 4. The van der Waals surface area contributed by atoms with Crippen LogP contribution in [0, 0.1) is 0 Å². The van der Waals surface area contributed by atoms with Crippen LogP contribution in [0.1, 0.15) is 19.4 Å². The van der Waals surface area contributed by atoms with Gasteiger partial charge in [0.05, 0.1) is 20.3 Å². The summed E-state index contributed by atoms with van der Waals surface area (Å²) in [7, 11) is 1.74. The van der Waals surface area contributed by atoms with Gasteiger partial charge in [-0.15, -0.1) is 0 Å². The van der Waals surface area contributed by atoms with Crippen LogP contribution in [0.25, 0.3) is 10.8 Å². The standard InChI is InChI=1S/C20H28N2O2/c1-20(2,22-10-12-24-13-11-22)15-21-14-18-17-7-5-4-6-16(17)8-9-19(18)23-3/h4-9,21H,10-15H2,1-3H3. The summed E-state index contributed by atoms with van der Waals surface area (Å²) in [6, 6.07) is 12.7. The molecular formula is C20H28N2O2. The summed E-state index contributed by atoms with van der Waals surface area (Å²) in [4.78, 5) is 2.50. The molecule has 4 heteroatoms. The molecule has 130 valence electrons. The molecule has 1 fully saturated rings. The van der Waals surface area contributed by atoms with Crippen LogP contribution in [-0.2, 0) is 11.3 Å². The van der Waals surface area contributed by atoms with Gasteiger partial charge < -0.3 is 14.8 Å². The van der Waals surface area contributed by atoms with Gasteiger partial charge in [0.1, 0.15) is 5.75 Å². The van der Waals surface area contributed by atoms with Crippen molar-refractivity contribution in [2.45, 2.75) is 25.9 Å². The highest BCUT2D eigenvalue weighted by Crippen LogP contribution is 2.28. The molecule has 0 amide bonds. The molecule has 3 rings (SSSR count). The predicted octanol–water partition coefficient (Wildman–Crippen LogP) is 3.05. The number of hydrogen-bond donors (Lipinski definition) is 1. The van der Waals surface area contributed by atoms with Crippen LogP contribution in [0.2, 0.25) is 0 Å². The van der Waals surface area contributed by atoms with Crippen molar-refractivity contribution in [1.29, 1.82) is 0 Å². The zero-order valence-corrected chi connectivity index (χ0v) is 15.0. The fourth-order valence-corrected chi connectivity index (χ4v) is 3.46. The first-order chi connectivity index (χ1) is 11.6. The van der Waals surface area contributed by atoms with Crippen molar-refractivity contribution in [2.24, 2.45) is 0 Å². The number of rotatable bonds is 6. The predicted molar refractivity (Wildman–Crippen MR) is 98.7 cm³/mol. The monoisotopic (exact) mass is 328 g/mol. The van der Waals surface area contributed by atoms with Gasteiger partial charge in [-0.2, -0.15) is 0 Å². The van der Waals surface area contributed by atoms with E-state index in [1.54, 1.807) is 7.11 Å². The normalized spacial score (nSPS) is 16.5. The molecule has 0 radical (unpaired) electrons. The van der Waals surface area contributed by atoms with E-state index in [1.807, 2.05) is 0 Å². The van der Waals surface area contributed by atoms with Crippen LogP contribution in [0.4, 0.5) is 0 Å². The lowest BCUT2D eigenvalue weighted by atomic mass is 10.0. The maximum Gasteiger partial charge on any atom is 0.123 e. The average Bonchev–Trinajstić information content (AvgIpc) is 2.62. The molecule has 24 heavy (non-hydrogen) atoms. The van der Waals surface area contributed by atoms with Gasteiger partial charge in [0.2, 0.25) is 0 Å². The Kier molecular flexibility index (Phi) is 5.39. The second-order valence-electron chi connectivity index (χ2n) is 6.98. The van der Waals surface area contributed by atoms with Gasteiger partial charge in [0.25, 0.3) is 0 Å². The van der Waals surface area contributed by atoms with Crippen molar-refractivity contribution in [3.63, 3.8) is 0 Å². The Morgan fingerprint density at radius 2 is 1.88 bits per heavy atom. The molecule has 1 saturated heterocycles. The van der Waals surface area contributed by atoms with Crippen LogP contribution in [0.15, 0.2) is 36.4 Å². The van der Waals surface area contributed by atoms with E-state index < -0.39 is 0 Å². The Bertz CT molecular complexity index is 678. The Labute approximate surface area is 144 Å². The van der Waals surface area contributed by atoms with Crippen molar-refractivity contribution in [2.75, 3.05) is 40.0 Å². The van der Waals surface area contributed by atoms with Gasteiger partial charge in [-0.25, -0.2) is 0 Å². The molecule has 2 aromatic carbocycles. The molecule has 1 heterocycles. The van der Waals surface area contributed by atoms with Crippen LogP contribution in [0.3, 0.4) is 0 Å². The fourth-order valence-electron chi connectivity index (χ4n) is 3.46. The van der Waals surface area contributed by atoms with E-state index >= 15 is 0 Å². The molecule has 1 aliphatic rings. The highest BCUT2D eigenvalue weighted by molar-refractivity contribution is 5.87. The Hall–Kier alpha value is -1.62. The van der Waals surface area contributed by atoms with E-state index in [0.717, 1.165) is 45.1 Å². The third kappa shape index (κ3) is 3.72. The highest BCUT2D eigenvalue weighted by Gasteiger charge is 2.27. The average molecular weight is 328 g/mol. The van der Waals surface area contributed by atoms with Gasteiger partial charge in [0.15, 0.2) is 0 Å². The number of morpholine rings is 1. The molecule has 1 aliphatic heterocycles. The molecule has 0 aromatic heterocycles. The second-order valence-corrected chi connectivity index (χ2v) is 6.98. The van der Waals surface area contributed by atoms with Gasteiger partial charge in [-0.05, 0) is 30.7 Å². The second kappa shape index (κ2) is 7.51. The maximum absolute atomic E-state index is 5.59. The van der Waals surface area contributed by atoms with Gasteiger partial charge in [-0.3, -0.25) is 4.90 Å². The number of methoxy groups -OCH3 is 1.